The van der Waals surface area contributed by atoms with Crippen LogP contribution < -0.4 is 0 Å². The van der Waals surface area contributed by atoms with Crippen molar-refractivity contribution in [2.75, 3.05) is 0 Å². The van der Waals surface area contributed by atoms with E-state index in [1.54, 1.807) is 0 Å². The molecule has 0 aliphatic heterocycles. The van der Waals surface area contributed by atoms with E-state index in [1.165, 1.54) is 19.3 Å². The van der Waals surface area contributed by atoms with E-state index in [2.05, 4.69) is 20.8 Å². The lowest BCUT2D eigenvalue weighted by atomic mass is 9.62. The van der Waals surface area contributed by atoms with Gasteiger partial charge in [0.2, 0.25) is 0 Å². The second-order valence-corrected chi connectivity index (χ2v) is 6.21. The van der Waals surface area contributed by atoms with Gasteiger partial charge in [-0.2, -0.15) is 0 Å². The molecule has 2 rings (SSSR count). The quantitative estimate of drug-likeness (QED) is 0.629. The molecule has 0 heterocycles. The topological polar surface area (TPSA) is 17.1 Å². The summed E-state index contributed by atoms with van der Waals surface area (Å²) in [6.45, 7) is 7.27. The maximum atomic E-state index is 10.5. The summed E-state index contributed by atoms with van der Waals surface area (Å²) >= 11 is 0. The minimum absolute atomic E-state index is 0.482. The molecule has 0 aromatic rings. The SMILES string of the molecule is CC12CCC(C1)C(C)(C)C2CCC=O. The maximum absolute atomic E-state index is 10.5. The summed E-state index contributed by atoms with van der Waals surface area (Å²) in [5, 5.41) is 0. The molecule has 0 radical (unpaired) electrons. The van der Waals surface area contributed by atoms with Crippen LogP contribution in [0.1, 0.15) is 52.9 Å². The van der Waals surface area contributed by atoms with Gasteiger partial charge in [0.25, 0.3) is 0 Å². The van der Waals surface area contributed by atoms with Crippen molar-refractivity contribution in [2.45, 2.75) is 52.9 Å². The van der Waals surface area contributed by atoms with Gasteiger partial charge >= 0.3 is 0 Å². The Morgan fingerprint density at radius 1 is 1.36 bits per heavy atom. The third-order valence-electron chi connectivity index (χ3n) is 5.14. The normalized spacial score (nSPS) is 44.2. The molecule has 2 fully saturated rings. The lowest BCUT2D eigenvalue weighted by molar-refractivity contribution is -0.108. The van der Waals surface area contributed by atoms with Crippen molar-refractivity contribution in [3.05, 3.63) is 0 Å². The first-order valence-corrected chi connectivity index (χ1v) is 5.94. The van der Waals surface area contributed by atoms with Crippen molar-refractivity contribution in [3.8, 4) is 0 Å². The molecular weight excluding hydrogens is 172 g/mol. The van der Waals surface area contributed by atoms with Gasteiger partial charge in [-0.15, -0.1) is 0 Å². The molecule has 0 aromatic carbocycles. The summed E-state index contributed by atoms with van der Waals surface area (Å²) in [6, 6.07) is 0. The fourth-order valence-corrected chi connectivity index (χ4v) is 4.36. The summed E-state index contributed by atoms with van der Waals surface area (Å²) in [7, 11) is 0. The van der Waals surface area contributed by atoms with Crippen LogP contribution in [0.25, 0.3) is 0 Å². The van der Waals surface area contributed by atoms with Gasteiger partial charge < -0.3 is 4.79 Å². The monoisotopic (exact) mass is 194 g/mol. The van der Waals surface area contributed by atoms with Gasteiger partial charge in [-0.25, -0.2) is 0 Å². The largest absolute Gasteiger partial charge is 0.303 e. The third kappa shape index (κ3) is 1.24. The molecule has 3 atom stereocenters. The smallest absolute Gasteiger partial charge is 0.120 e. The van der Waals surface area contributed by atoms with Gasteiger partial charge in [-0.1, -0.05) is 20.8 Å². The maximum Gasteiger partial charge on any atom is 0.120 e. The van der Waals surface area contributed by atoms with E-state index >= 15 is 0 Å². The van der Waals surface area contributed by atoms with Crippen LogP contribution in [0.3, 0.4) is 0 Å². The van der Waals surface area contributed by atoms with E-state index in [4.69, 9.17) is 0 Å². The minimum atomic E-state index is 0.482. The Morgan fingerprint density at radius 2 is 2.07 bits per heavy atom. The third-order valence-corrected chi connectivity index (χ3v) is 5.14. The van der Waals surface area contributed by atoms with E-state index < -0.39 is 0 Å². The van der Waals surface area contributed by atoms with Crippen molar-refractivity contribution in [3.63, 3.8) is 0 Å². The number of carbonyl (C=O) groups is 1. The number of aldehydes is 1. The lowest BCUT2D eigenvalue weighted by Crippen LogP contribution is -2.35. The molecule has 2 bridgehead atoms. The summed E-state index contributed by atoms with van der Waals surface area (Å²) in [4.78, 5) is 10.5. The Kier molecular flexibility index (Phi) is 2.24. The molecule has 14 heavy (non-hydrogen) atoms. The number of carbonyl (C=O) groups excluding carboxylic acids is 1. The zero-order chi connectivity index (χ0) is 10.4. The van der Waals surface area contributed by atoms with Gasteiger partial charge in [0.05, 0.1) is 0 Å². The van der Waals surface area contributed by atoms with Crippen LogP contribution in [0.15, 0.2) is 0 Å². The number of rotatable bonds is 3. The van der Waals surface area contributed by atoms with E-state index in [0.717, 1.165) is 31.0 Å². The first kappa shape index (κ1) is 10.2. The zero-order valence-electron chi connectivity index (χ0n) is 9.68. The molecule has 1 nitrogen and oxygen atoms in total. The van der Waals surface area contributed by atoms with Crippen molar-refractivity contribution in [1.29, 1.82) is 0 Å². The Balaban J connectivity index is 2.16. The molecule has 0 amide bonds. The van der Waals surface area contributed by atoms with Gasteiger partial charge in [0.15, 0.2) is 0 Å². The Bertz CT molecular complexity index is 239. The van der Waals surface area contributed by atoms with Gasteiger partial charge in [0.1, 0.15) is 6.29 Å². The lowest BCUT2D eigenvalue weighted by Gasteiger charge is -2.42. The molecule has 3 unspecified atom stereocenters. The van der Waals surface area contributed by atoms with E-state index in [0.29, 0.717) is 10.8 Å². The number of hydrogen-bond donors (Lipinski definition) is 0. The summed E-state index contributed by atoms with van der Waals surface area (Å²) in [5.41, 5.74) is 1.03. The van der Waals surface area contributed by atoms with Crippen LogP contribution in [-0.2, 0) is 4.79 Å². The van der Waals surface area contributed by atoms with Crippen LogP contribution in [0.4, 0.5) is 0 Å². The Labute approximate surface area is 87.3 Å². The summed E-state index contributed by atoms with van der Waals surface area (Å²) in [6.07, 6.45) is 7.18. The highest BCUT2D eigenvalue weighted by molar-refractivity contribution is 5.49. The fourth-order valence-electron chi connectivity index (χ4n) is 4.36. The predicted octanol–water partition coefficient (Wildman–Crippen LogP) is 3.43. The van der Waals surface area contributed by atoms with E-state index in [-0.39, 0.29) is 0 Å². The van der Waals surface area contributed by atoms with E-state index in [9.17, 15) is 4.79 Å². The van der Waals surface area contributed by atoms with Crippen molar-refractivity contribution < 1.29 is 4.79 Å². The molecule has 2 aliphatic carbocycles. The Hall–Kier alpha value is -0.330. The summed E-state index contributed by atoms with van der Waals surface area (Å²) < 4.78 is 0. The molecule has 0 spiro atoms. The average Bonchev–Trinajstić information content (AvgIpc) is 2.55. The number of hydrogen-bond acceptors (Lipinski definition) is 1. The molecule has 0 N–H and O–H groups in total. The molecule has 2 aliphatic rings. The molecule has 80 valence electrons. The van der Waals surface area contributed by atoms with Gasteiger partial charge in [-0.3, -0.25) is 0 Å². The fraction of sp³-hybridized carbons (Fsp3) is 0.923. The Morgan fingerprint density at radius 3 is 2.57 bits per heavy atom. The second kappa shape index (κ2) is 3.08. The molecule has 0 saturated heterocycles. The van der Waals surface area contributed by atoms with Crippen molar-refractivity contribution in [1.82, 2.24) is 0 Å². The standard InChI is InChI=1S/C13H22O/c1-12(2)10-6-7-13(3,9-10)11(12)5-4-8-14/h8,10-11H,4-7,9H2,1-3H3. The molecule has 0 aromatic heterocycles. The summed E-state index contributed by atoms with van der Waals surface area (Å²) in [5.74, 6) is 1.70. The molecule has 2 saturated carbocycles. The highest BCUT2D eigenvalue weighted by Gasteiger charge is 2.58. The first-order chi connectivity index (χ1) is 6.50. The van der Waals surface area contributed by atoms with Crippen molar-refractivity contribution >= 4 is 6.29 Å². The van der Waals surface area contributed by atoms with Crippen LogP contribution in [0.2, 0.25) is 0 Å². The highest BCUT2D eigenvalue weighted by atomic mass is 16.1. The highest BCUT2D eigenvalue weighted by Crippen LogP contribution is 2.67. The van der Waals surface area contributed by atoms with Crippen LogP contribution in [-0.4, -0.2) is 6.29 Å². The van der Waals surface area contributed by atoms with Crippen LogP contribution in [0, 0.1) is 22.7 Å². The van der Waals surface area contributed by atoms with Crippen LogP contribution >= 0.6 is 0 Å². The first-order valence-electron chi connectivity index (χ1n) is 5.94. The van der Waals surface area contributed by atoms with Crippen molar-refractivity contribution in [2.24, 2.45) is 22.7 Å². The number of fused-ring (bicyclic) bond motifs is 2. The van der Waals surface area contributed by atoms with Gasteiger partial charge in [0, 0.05) is 6.42 Å². The molecular formula is C13H22O. The molecule has 1 heteroatoms. The predicted molar refractivity (Wildman–Crippen MR) is 58.0 cm³/mol. The second-order valence-electron chi connectivity index (χ2n) is 6.21. The van der Waals surface area contributed by atoms with E-state index in [1.807, 2.05) is 0 Å². The minimum Gasteiger partial charge on any atom is -0.303 e. The van der Waals surface area contributed by atoms with Gasteiger partial charge in [-0.05, 0) is 48.3 Å². The average molecular weight is 194 g/mol. The zero-order valence-corrected chi connectivity index (χ0v) is 9.68. The van der Waals surface area contributed by atoms with Crippen LogP contribution in [0.5, 0.6) is 0 Å².